The normalized spacial score (nSPS) is 13.6. The van der Waals surface area contributed by atoms with Crippen molar-refractivity contribution in [3.63, 3.8) is 0 Å². The van der Waals surface area contributed by atoms with Crippen LogP contribution in [0.2, 0.25) is 0 Å². The highest BCUT2D eigenvalue weighted by atomic mass is 32.1. The molecule has 1 aliphatic rings. The van der Waals surface area contributed by atoms with Gasteiger partial charge in [0, 0.05) is 23.9 Å². The minimum atomic E-state index is -0.560. The minimum Gasteiger partial charge on any atom is -0.452 e. The molecular weight excluding hydrogens is 374 g/mol. The third-order valence-corrected chi connectivity index (χ3v) is 5.08. The Kier molecular flexibility index (Phi) is 5.34. The summed E-state index contributed by atoms with van der Waals surface area (Å²) < 4.78 is 6.79. The summed E-state index contributed by atoms with van der Waals surface area (Å²) in [6.07, 6.45) is 6.86. The maximum atomic E-state index is 12.0. The number of hydrogen-bond acceptors (Lipinski definition) is 5. The van der Waals surface area contributed by atoms with E-state index in [9.17, 15) is 9.59 Å². The SMILES string of the molecule is O=C(COC(=O)/C=C/c1cn(-c2ccccc2)nc1-c1cccs1)NC1CC1. The molecule has 1 aliphatic carbocycles. The summed E-state index contributed by atoms with van der Waals surface area (Å²) in [4.78, 5) is 24.6. The van der Waals surface area contributed by atoms with Crippen molar-refractivity contribution in [1.82, 2.24) is 15.1 Å². The van der Waals surface area contributed by atoms with Crippen LogP contribution in [-0.4, -0.2) is 34.3 Å². The quantitative estimate of drug-likeness (QED) is 0.493. The van der Waals surface area contributed by atoms with Crippen molar-refractivity contribution in [2.45, 2.75) is 18.9 Å². The van der Waals surface area contributed by atoms with E-state index in [0.717, 1.165) is 34.7 Å². The van der Waals surface area contributed by atoms with Crippen molar-refractivity contribution >= 4 is 29.3 Å². The summed E-state index contributed by atoms with van der Waals surface area (Å²) in [5.74, 6) is -0.823. The molecule has 1 N–H and O–H groups in total. The molecule has 3 aromatic rings. The second kappa shape index (κ2) is 8.22. The van der Waals surface area contributed by atoms with Gasteiger partial charge in [0.25, 0.3) is 5.91 Å². The standard InChI is InChI=1S/C21H19N3O3S/c25-19(22-16-9-10-16)14-27-20(26)11-8-15-13-24(17-5-2-1-3-6-17)23-21(15)18-7-4-12-28-18/h1-8,11-13,16H,9-10,14H2,(H,22,25)/b11-8+. The highest BCUT2D eigenvalue weighted by Crippen LogP contribution is 2.28. The fourth-order valence-corrected chi connectivity index (χ4v) is 3.40. The van der Waals surface area contributed by atoms with E-state index in [1.807, 2.05) is 54.0 Å². The van der Waals surface area contributed by atoms with Crippen LogP contribution >= 0.6 is 11.3 Å². The van der Waals surface area contributed by atoms with Gasteiger partial charge in [-0.05, 0) is 42.5 Å². The molecule has 0 aliphatic heterocycles. The van der Waals surface area contributed by atoms with Gasteiger partial charge < -0.3 is 10.1 Å². The van der Waals surface area contributed by atoms with E-state index < -0.39 is 5.97 Å². The van der Waals surface area contributed by atoms with Gasteiger partial charge in [-0.1, -0.05) is 24.3 Å². The summed E-state index contributed by atoms with van der Waals surface area (Å²) in [6, 6.07) is 14.0. The maximum Gasteiger partial charge on any atom is 0.331 e. The van der Waals surface area contributed by atoms with Crippen LogP contribution in [0.15, 0.2) is 60.1 Å². The van der Waals surface area contributed by atoms with Gasteiger partial charge in [0.1, 0.15) is 5.69 Å². The first-order valence-corrected chi connectivity index (χ1v) is 9.90. The molecule has 4 rings (SSSR count). The van der Waals surface area contributed by atoms with E-state index in [0.29, 0.717) is 0 Å². The first-order chi connectivity index (χ1) is 13.7. The third kappa shape index (κ3) is 4.55. The lowest BCUT2D eigenvalue weighted by atomic mass is 10.2. The number of aromatic nitrogens is 2. The third-order valence-electron chi connectivity index (χ3n) is 4.20. The van der Waals surface area contributed by atoms with Crippen molar-refractivity contribution in [2.24, 2.45) is 0 Å². The number of carbonyl (C=O) groups is 2. The van der Waals surface area contributed by atoms with Gasteiger partial charge in [-0.25, -0.2) is 9.48 Å². The molecule has 1 saturated carbocycles. The van der Waals surface area contributed by atoms with Gasteiger partial charge in [-0.15, -0.1) is 11.3 Å². The Morgan fingerprint density at radius 1 is 1.21 bits per heavy atom. The highest BCUT2D eigenvalue weighted by molar-refractivity contribution is 7.13. The van der Waals surface area contributed by atoms with E-state index in [2.05, 4.69) is 10.4 Å². The number of benzene rings is 1. The number of amides is 1. The molecule has 7 heteroatoms. The second-order valence-corrected chi connectivity index (χ2v) is 7.42. The predicted molar refractivity (Wildman–Crippen MR) is 108 cm³/mol. The van der Waals surface area contributed by atoms with Crippen LogP contribution in [0.4, 0.5) is 0 Å². The molecule has 0 radical (unpaired) electrons. The second-order valence-electron chi connectivity index (χ2n) is 6.47. The number of nitrogens with one attached hydrogen (secondary N) is 1. The first kappa shape index (κ1) is 18.2. The van der Waals surface area contributed by atoms with Crippen molar-refractivity contribution in [1.29, 1.82) is 0 Å². The van der Waals surface area contributed by atoms with Crippen LogP contribution in [0.3, 0.4) is 0 Å². The molecule has 0 bridgehead atoms. The fourth-order valence-electron chi connectivity index (χ4n) is 2.67. The Hall–Kier alpha value is -3.19. The number of nitrogens with zero attached hydrogens (tertiary/aromatic N) is 2. The molecule has 1 aromatic carbocycles. The van der Waals surface area contributed by atoms with E-state index >= 15 is 0 Å². The number of para-hydroxylation sites is 1. The fraction of sp³-hybridized carbons (Fsp3) is 0.190. The molecule has 2 heterocycles. The molecular formula is C21H19N3O3S. The molecule has 6 nitrogen and oxygen atoms in total. The van der Waals surface area contributed by atoms with Crippen LogP contribution in [0.25, 0.3) is 22.3 Å². The number of carbonyl (C=O) groups excluding carboxylic acids is 2. The minimum absolute atomic E-state index is 0.249. The molecule has 0 atom stereocenters. The number of rotatable bonds is 7. The van der Waals surface area contributed by atoms with Crippen molar-refractivity contribution < 1.29 is 14.3 Å². The Morgan fingerprint density at radius 2 is 2.04 bits per heavy atom. The Morgan fingerprint density at radius 3 is 2.75 bits per heavy atom. The molecule has 0 saturated heterocycles. The summed E-state index contributed by atoms with van der Waals surface area (Å²) >= 11 is 1.58. The van der Waals surface area contributed by atoms with Gasteiger partial charge in [0.15, 0.2) is 6.61 Å². The van der Waals surface area contributed by atoms with Crippen LogP contribution in [0, 0.1) is 0 Å². The zero-order valence-corrected chi connectivity index (χ0v) is 15.9. The zero-order valence-electron chi connectivity index (χ0n) is 15.1. The Labute approximate surface area is 166 Å². The summed E-state index contributed by atoms with van der Waals surface area (Å²) in [6.45, 7) is -0.263. The van der Waals surface area contributed by atoms with Crippen molar-refractivity contribution in [2.75, 3.05) is 6.61 Å². The first-order valence-electron chi connectivity index (χ1n) is 9.02. The summed E-state index contributed by atoms with van der Waals surface area (Å²) in [5.41, 5.74) is 2.51. The van der Waals surface area contributed by atoms with Crippen LogP contribution in [0.5, 0.6) is 0 Å². The summed E-state index contributed by atoms with van der Waals surface area (Å²) in [5, 5.41) is 9.44. The molecule has 0 spiro atoms. The number of esters is 1. The van der Waals surface area contributed by atoms with Crippen molar-refractivity contribution in [3.8, 4) is 16.3 Å². The van der Waals surface area contributed by atoms with Gasteiger partial charge in [-0.2, -0.15) is 5.10 Å². The predicted octanol–water partition coefficient (Wildman–Crippen LogP) is 3.44. The van der Waals surface area contributed by atoms with Crippen LogP contribution < -0.4 is 5.32 Å². The van der Waals surface area contributed by atoms with E-state index in [1.165, 1.54) is 6.08 Å². The Balaban J connectivity index is 1.49. The topological polar surface area (TPSA) is 73.2 Å². The van der Waals surface area contributed by atoms with E-state index in [-0.39, 0.29) is 18.6 Å². The van der Waals surface area contributed by atoms with Crippen LogP contribution in [-0.2, 0) is 14.3 Å². The molecule has 0 unspecified atom stereocenters. The average Bonchev–Trinajstić information content (AvgIpc) is 3.20. The molecule has 2 aromatic heterocycles. The molecule has 1 amide bonds. The number of ether oxygens (including phenoxy) is 1. The van der Waals surface area contributed by atoms with Crippen LogP contribution in [0.1, 0.15) is 18.4 Å². The smallest absolute Gasteiger partial charge is 0.331 e. The average molecular weight is 393 g/mol. The lowest BCUT2D eigenvalue weighted by Crippen LogP contribution is -2.30. The van der Waals surface area contributed by atoms with Crippen molar-refractivity contribution in [3.05, 3.63) is 65.7 Å². The largest absolute Gasteiger partial charge is 0.452 e. The van der Waals surface area contributed by atoms with E-state index in [1.54, 1.807) is 22.1 Å². The molecule has 1 fully saturated rings. The number of hydrogen-bond donors (Lipinski definition) is 1. The van der Waals surface area contributed by atoms with E-state index in [4.69, 9.17) is 4.74 Å². The monoisotopic (exact) mass is 393 g/mol. The molecule has 28 heavy (non-hydrogen) atoms. The maximum absolute atomic E-state index is 12.0. The highest BCUT2D eigenvalue weighted by Gasteiger charge is 2.23. The summed E-state index contributed by atoms with van der Waals surface area (Å²) in [7, 11) is 0. The van der Waals surface area contributed by atoms with Gasteiger partial charge >= 0.3 is 5.97 Å². The molecule has 142 valence electrons. The van der Waals surface area contributed by atoms with Gasteiger partial charge in [0.2, 0.25) is 0 Å². The Bertz CT molecular complexity index is 989. The number of thiophene rings is 1. The zero-order chi connectivity index (χ0) is 19.3. The lowest BCUT2D eigenvalue weighted by Gasteiger charge is -2.02. The lowest BCUT2D eigenvalue weighted by molar-refractivity contribution is -0.143. The van der Waals surface area contributed by atoms with Gasteiger partial charge in [0.05, 0.1) is 10.6 Å². The van der Waals surface area contributed by atoms with Gasteiger partial charge in [-0.3, -0.25) is 4.79 Å².